The third kappa shape index (κ3) is 1.48. The van der Waals surface area contributed by atoms with E-state index in [1.165, 1.54) is 6.20 Å². The van der Waals surface area contributed by atoms with Crippen LogP contribution < -0.4 is 0 Å². The van der Waals surface area contributed by atoms with Gasteiger partial charge < -0.3 is 9.30 Å². The van der Waals surface area contributed by atoms with Crippen LogP contribution in [0, 0.1) is 0 Å². The normalized spacial score (nSPS) is 10.9. The number of nitrogens with zero attached hydrogens (tertiary/aromatic N) is 3. The molecule has 2 heterocycles. The fourth-order valence-corrected chi connectivity index (χ4v) is 1.58. The van der Waals surface area contributed by atoms with Crippen molar-refractivity contribution in [3.8, 4) is 0 Å². The number of aromatic nitrogens is 3. The SMILES string of the molecule is CCOC(=O)c1cn2c(Cl)cnc2n1C. The lowest BCUT2D eigenvalue weighted by Gasteiger charge is -2.00. The Morgan fingerprint density at radius 3 is 3.00 bits per heavy atom. The number of carbonyl (C=O) groups excluding carboxylic acids is 1. The summed E-state index contributed by atoms with van der Waals surface area (Å²) in [4.78, 5) is 15.6. The minimum Gasteiger partial charge on any atom is -0.461 e. The van der Waals surface area contributed by atoms with Crippen LogP contribution in [0.1, 0.15) is 17.4 Å². The van der Waals surface area contributed by atoms with Crippen LogP contribution in [-0.4, -0.2) is 26.5 Å². The highest BCUT2D eigenvalue weighted by atomic mass is 35.5. The number of ether oxygens (including phenoxy) is 1. The van der Waals surface area contributed by atoms with Gasteiger partial charge in [-0.25, -0.2) is 9.78 Å². The summed E-state index contributed by atoms with van der Waals surface area (Å²) < 4.78 is 8.18. The minimum atomic E-state index is -0.374. The zero-order valence-electron chi connectivity index (χ0n) is 8.40. The molecule has 2 aromatic rings. The Kier molecular flexibility index (Phi) is 2.40. The first-order valence-electron chi connectivity index (χ1n) is 4.50. The molecule has 0 spiro atoms. The number of fused-ring (bicyclic) bond motifs is 1. The monoisotopic (exact) mass is 227 g/mol. The smallest absolute Gasteiger partial charge is 0.356 e. The van der Waals surface area contributed by atoms with Crippen LogP contribution >= 0.6 is 11.6 Å². The molecule has 2 aromatic heterocycles. The zero-order valence-corrected chi connectivity index (χ0v) is 9.15. The summed E-state index contributed by atoms with van der Waals surface area (Å²) >= 11 is 5.87. The Morgan fingerprint density at radius 2 is 2.40 bits per heavy atom. The molecule has 0 radical (unpaired) electrons. The molecule has 0 bridgehead atoms. The predicted molar refractivity (Wildman–Crippen MR) is 55.1 cm³/mol. The van der Waals surface area contributed by atoms with Gasteiger partial charge in [0, 0.05) is 13.2 Å². The molecule has 0 fully saturated rings. The molecule has 0 aliphatic rings. The molecule has 0 unspecified atom stereocenters. The molecule has 0 aliphatic heterocycles. The molecule has 80 valence electrons. The number of hydrogen-bond donors (Lipinski definition) is 0. The van der Waals surface area contributed by atoms with Crippen LogP contribution in [-0.2, 0) is 11.8 Å². The number of esters is 1. The van der Waals surface area contributed by atoms with E-state index in [1.54, 1.807) is 29.1 Å². The van der Waals surface area contributed by atoms with Crippen LogP contribution in [0.3, 0.4) is 0 Å². The van der Waals surface area contributed by atoms with Crippen molar-refractivity contribution in [2.45, 2.75) is 6.92 Å². The van der Waals surface area contributed by atoms with Crippen LogP contribution in [0.15, 0.2) is 12.4 Å². The fourth-order valence-electron chi connectivity index (χ4n) is 1.41. The summed E-state index contributed by atoms with van der Waals surface area (Å²) in [7, 11) is 1.74. The van der Waals surface area contributed by atoms with Crippen molar-refractivity contribution < 1.29 is 9.53 Å². The number of imidazole rings is 2. The highest BCUT2D eigenvalue weighted by Crippen LogP contribution is 2.15. The third-order valence-corrected chi connectivity index (χ3v) is 2.41. The number of aryl methyl sites for hydroxylation is 1. The maximum atomic E-state index is 11.5. The van der Waals surface area contributed by atoms with Crippen molar-refractivity contribution >= 4 is 23.3 Å². The quantitative estimate of drug-likeness (QED) is 0.731. The number of halogens is 1. The Morgan fingerprint density at radius 1 is 1.67 bits per heavy atom. The van der Waals surface area contributed by atoms with Crippen LogP contribution in [0.25, 0.3) is 5.78 Å². The van der Waals surface area contributed by atoms with Gasteiger partial charge in [0.2, 0.25) is 5.78 Å². The largest absolute Gasteiger partial charge is 0.461 e. The fraction of sp³-hybridized carbons (Fsp3) is 0.333. The van der Waals surface area contributed by atoms with Crippen molar-refractivity contribution in [1.82, 2.24) is 14.0 Å². The minimum absolute atomic E-state index is 0.347. The van der Waals surface area contributed by atoms with Crippen molar-refractivity contribution in [3.05, 3.63) is 23.2 Å². The summed E-state index contributed by atoms with van der Waals surface area (Å²) in [6.07, 6.45) is 3.15. The molecule has 6 heteroatoms. The van der Waals surface area contributed by atoms with Crippen molar-refractivity contribution in [2.24, 2.45) is 7.05 Å². The lowest BCUT2D eigenvalue weighted by atomic mass is 10.5. The van der Waals surface area contributed by atoms with E-state index < -0.39 is 0 Å². The van der Waals surface area contributed by atoms with Crippen LogP contribution in [0.4, 0.5) is 0 Å². The van der Waals surface area contributed by atoms with Crippen molar-refractivity contribution in [1.29, 1.82) is 0 Å². The van der Waals surface area contributed by atoms with Crippen LogP contribution in [0.5, 0.6) is 0 Å². The molecule has 0 aromatic carbocycles. The lowest BCUT2D eigenvalue weighted by molar-refractivity contribution is 0.0515. The van der Waals surface area contributed by atoms with Gasteiger partial charge in [-0.3, -0.25) is 4.40 Å². The zero-order chi connectivity index (χ0) is 11.0. The second-order valence-electron chi connectivity index (χ2n) is 3.04. The van der Waals surface area contributed by atoms with Crippen molar-refractivity contribution in [2.75, 3.05) is 6.61 Å². The van der Waals surface area contributed by atoms with Gasteiger partial charge in [0.25, 0.3) is 0 Å². The maximum absolute atomic E-state index is 11.5. The molecular weight excluding hydrogens is 218 g/mol. The van der Waals surface area contributed by atoms with E-state index in [1.807, 2.05) is 0 Å². The lowest BCUT2D eigenvalue weighted by Crippen LogP contribution is -2.09. The van der Waals surface area contributed by atoms with E-state index in [2.05, 4.69) is 4.98 Å². The molecule has 2 rings (SSSR count). The average Bonchev–Trinajstić information content (AvgIpc) is 2.70. The standard InChI is InChI=1S/C9H10ClN3O2/c1-3-15-8(14)6-5-13-7(10)4-11-9(13)12(6)2/h4-5H,3H2,1-2H3. The van der Waals surface area contributed by atoms with E-state index >= 15 is 0 Å². The molecule has 0 aliphatic carbocycles. The summed E-state index contributed by atoms with van der Waals surface area (Å²) in [5.74, 6) is 0.240. The predicted octanol–water partition coefficient (Wildman–Crippen LogP) is 1.50. The molecule has 15 heavy (non-hydrogen) atoms. The van der Waals surface area contributed by atoms with Gasteiger partial charge >= 0.3 is 5.97 Å². The third-order valence-electron chi connectivity index (χ3n) is 2.13. The summed E-state index contributed by atoms with van der Waals surface area (Å²) in [6, 6.07) is 0. The first kappa shape index (κ1) is 10.0. The summed E-state index contributed by atoms with van der Waals surface area (Å²) in [6.45, 7) is 2.11. The first-order chi connectivity index (χ1) is 7.15. The van der Waals surface area contributed by atoms with Gasteiger partial charge in [-0.05, 0) is 6.92 Å². The molecule has 0 amide bonds. The Labute approximate surface area is 91.2 Å². The second kappa shape index (κ2) is 3.58. The van der Waals surface area contributed by atoms with Gasteiger partial charge in [-0.15, -0.1) is 0 Å². The summed E-state index contributed by atoms with van der Waals surface area (Å²) in [5.41, 5.74) is 0.432. The highest BCUT2D eigenvalue weighted by molar-refractivity contribution is 6.29. The molecule has 0 saturated heterocycles. The van der Waals surface area contributed by atoms with Gasteiger partial charge in [0.05, 0.1) is 12.8 Å². The molecule has 0 N–H and O–H groups in total. The second-order valence-corrected chi connectivity index (χ2v) is 3.43. The van der Waals surface area contributed by atoms with E-state index in [0.717, 1.165) is 0 Å². The molecule has 0 atom stereocenters. The highest BCUT2D eigenvalue weighted by Gasteiger charge is 2.16. The number of hydrogen-bond acceptors (Lipinski definition) is 3. The van der Waals surface area contributed by atoms with E-state index in [4.69, 9.17) is 16.3 Å². The summed E-state index contributed by atoms with van der Waals surface area (Å²) in [5, 5.41) is 0.469. The van der Waals surface area contributed by atoms with Crippen LogP contribution in [0.2, 0.25) is 5.15 Å². The maximum Gasteiger partial charge on any atom is 0.356 e. The topological polar surface area (TPSA) is 48.5 Å². The van der Waals surface area contributed by atoms with E-state index in [0.29, 0.717) is 23.2 Å². The molecule has 0 saturated carbocycles. The molecule has 5 nitrogen and oxygen atoms in total. The van der Waals surface area contributed by atoms with Gasteiger partial charge in [0.15, 0.2) is 0 Å². The van der Waals surface area contributed by atoms with Crippen molar-refractivity contribution in [3.63, 3.8) is 0 Å². The van der Waals surface area contributed by atoms with Gasteiger partial charge in [-0.1, -0.05) is 11.6 Å². The Bertz CT molecular complexity index is 515. The average molecular weight is 228 g/mol. The van der Waals surface area contributed by atoms with Gasteiger partial charge in [-0.2, -0.15) is 0 Å². The molecular formula is C9H10ClN3O2. The first-order valence-corrected chi connectivity index (χ1v) is 4.88. The Balaban J connectivity index is 2.53. The van der Waals surface area contributed by atoms with E-state index in [9.17, 15) is 4.79 Å². The Hall–Kier alpha value is -1.49. The number of carbonyl (C=O) groups is 1. The van der Waals surface area contributed by atoms with E-state index in [-0.39, 0.29) is 5.97 Å². The van der Waals surface area contributed by atoms with Gasteiger partial charge in [0.1, 0.15) is 10.8 Å². The number of rotatable bonds is 2.